The van der Waals surface area contributed by atoms with Crippen molar-refractivity contribution in [1.82, 2.24) is 5.32 Å². The average Bonchev–Trinajstić information content (AvgIpc) is 2.37. The lowest BCUT2D eigenvalue weighted by Gasteiger charge is -2.26. The average molecular weight is 271 g/mol. The Morgan fingerprint density at radius 2 is 2.22 bits per heavy atom. The molecular formula is C13H19ClN2O2. The molecule has 0 saturated heterocycles. The van der Waals surface area contributed by atoms with Crippen LogP contribution in [0.2, 0.25) is 5.02 Å². The summed E-state index contributed by atoms with van der Waals surface area (Å²) in [4.78, 5) is 11.4. The predicted octanol–water partition coefficient (Wildman–Crippen LogP) is 2.09. The van der Waals surface area contributed by atoms with Crippen molar-refractivity contribution in [3.05, 3.63) is 28.8 Å². The van der Waals surface area contributed by atoms with E-state index < -0.39 is 5.54 Å². The van der Waals surface area contributed by atoms with E-state index in [0.29, 0.717) is 18.0 Å². The number of amides is 1. The van der Waals surface area contributed by atoms with Crippen molar-refractivity contribution in [2.45, 2.75) is 32.4 Å². The second-order valence-corrected chi connectivity index (χ2v) is 4.77. The second-order valence-electron chi connectivity index (χ2n) is 4.36. The topological polar surface area (TPSA) is 64.3 Å². The molecule has 0 fully saturated rings. The number of carbonyl (C=O) groups is 1. The van der Waals surface area contributed by atoms with E-state index in [0.717, 1.165) is 11.3 Å². The number of methoxy groups -OCH3 is 1. The van der Waals surface area contributed by atoms with Crippen LogP contribution in [0.4, 0.5) is 0 Å². The van der Waals surface area contributed by atoms with Crippen molar-refractivity contribution in [3.8, 4) is 5.75 Å². The fraction of sp³-hybridized carbons (Fsp3) is 0.462. The normalized spacial score (nSPS) is 14.0. The van der Waals surface area contributed by atoms with Gasteiger partial charge in [0.25, 0.3) is 0 Å². The number of ether oxygens (including phenoxy) is 1. The van der Waals surface area contributed by atoms with Crippen LogP contribution in [-0.2, 0) is 11.3 Å². The molecule has 1 amide bonds. The van der Waals surface area contributed by atoms with Crippen LogP contribution in [-0.4, -0.2) is 18.6 Å². The smallest absolute Gasteiger partial charge is 0.237 e. The van der Waals surface area contributed by atoms with Gasteiger partial charge in [0.1, 0.15) is 5.75 Å². The van der Waals surface area contributed by atoms with Gasteiger partial charge in [-0.1, -0.05) is 18.5 Å². The number of hydrogen-bond acceptors (Lipinski definition) is 3. The van der Waals surface area contributed by atoms with Crippen molar-refractivity contribution in [3.63, 3.8) is 0 Å². The van der Waals surface area contributed by atoms with Crippen molar-refractivity contribution < 1.29 is 9.53 Å². The lowest BCUT2D eigenvalue weighted by Crippen LogP contribution is -2.52. The minimum atomic E-state index is -0.730. The van der Waals surface area contributed by atoms with Gasteiger partial charge in [-0.15, -0.1) is 0 Å². The first-order valence-corrected chi connectivity index (χ1v) is 6.18. The third kappa shape index (κ3) is 3.37. The second kappa shape index (κ2) is 6.07. The van der Waals surface area contributed by atoms with E-state index in [-0.39, 0.29) is 5.91 Å². The molecule has 0 spiro atoms. The van der Waals surface area contributed by atoms with Crippen LogP contribution in [0.25, 0.3) is 0 Å². The monoisotopic (exact) mass is 270 g/mol. The zero-order valence-electron chi connectivity index (χ0n) is 10.9. The van der Waals surface area contributed by atoms with Gasteiger partial charge in [0.15, 0.2) is 0 Å². The fourth-order valence-electron chi connectivity index (χ4n) is 1.49. The number of hydrogen-bond donors (Lipinski definition) is 2. The summed E-state index contributed by atoms with van der Waals surface area (Å²) in [6.45, 7) is 4.15. The van der Waals surface area contributed by atoms with Crippen molar-refractivity contribution in [1.29, 1.82) is 0 Å². The molecule has 4 nitrogen and oxygen atoms in total. The maximum absolute atomic E-state index is 11.4. The number of nitrogens with two attached hydrogens (primary N) is 1. The zero-order valence-corrected chi connectivity index (χ0v) is 11.7. The van der Waals surface area contributed by atoms with Crippen LogP contribution in [0.1, 0.15) is 25.8 Å². The fourth-order valence-corrected chi connectivity index (χ4v) is 1.67. The van der Waals surface area contributed by atoms with Gasteiger partial charge in [-0.2, -0.15) is 0 Å². The van der Waals surface area contributed by atoms with Gasteiger partial charge in [0.2, 0.25) is 5.91 Å². The van der Waals surface area contributed by atoms with Gasteiger partial charge in [-0.3, -0.25) is 10.1 Å². The van der Waals surface area contributed by atoms with Crippen molar-refractivity contribution in [2.75, 3.05) is 7.11 Å². The van der Waals surface area contributed by atoms with Gasteiger partial charge >= 0.3 is 0 Å². The van der Waals surface area contributed by atoms with Gasteiger partial charge in [-0.25, -0.2) is 0 Å². The third-order valence-corrected chi connectivity index (χ3v) is 3.54. The van der Waals surface area contributed by atoms with E-state index in [9.17, 15) is 4.79 Å². The first kappa shape index (κ1) is 14.8. The highest BCUT2D eigenvalue weighted by Crippen LogP contribution is 2.22. The Labute approximate surface area is 112 Å². The number of carbonyl (C=O) groups excluding carboxylic acids is 1. The van der Waals surface area contributed by atoms with Crippen LogP contribution in [0.15, 0.2) is 18.2 Å². The lowest BCUT2D eigenvalue weighted by molar-refractivity contribution is -0.124. The summed E-state index contributed by atoms with van der Waals surface area (Å²) in [5.41, 5.74) is 5.52. The number of nitrogens with one attached hydrogen (secondary N) is 1. The van der Waals surface area contributed by atoms with Gasteiger partial charge in [0.05, 0.1) is 12.6 Å². The van der Waals surface area contributed by atoms with E-state index >= 15 is 0 Å². The summed E-state index contributed by atoms with van der Waals surface area (Å²) in [7, 11) is 1.60. The molecule has 0 heterocycles. The predicted molar refractivity (Wildman–Crippen MR) is 72.7 cm³/mol. The first-order chi connectivity index (χ1) is 8.42. The Bertz CT molecular complexity index is 437. The molecule has 0 bridgehead atoms. The molecule has 1 rings (SSSR count). The van der Waals surface area contributed by atoms with Crippen LogP contribution in [0.5, 0.6) is 5.75 Å². The molecule has 0 saturated carbocycles. The molecule has 3 N–H and O–H groups in total. The van der Waals surface area contributed by atoms with Crippen molar-refractivity contribution >= 4 is 17.5 Å². The summed E-state index contributed by atoms with van der Waals surface area (Å²) in [5.74, 6) is 0.359. The van der Waals surface area contributed by atoms with E-state index in [2.05, 4.69) is 5.32 Å². The maximum Gasteiger partial charge on any atom is 0.237 e. The highest BCUT2D eigenvalue weighted by molar-refractivity contribution is 6.31. The zero-order chi connectivity index (χ0) is 13.8. The minimum Gasteiger partial charge on any atom is -0.497 e. The summed E-state index contributed by atoms with van der Waals surface area (Å²) in [5, 5.41) is 3.77. The summed E-state index contributed by atoms with van der Waals surface area (Å²) >= 11 is 6.09. The molecule has 100 valence electrons. The molecule has 0 aromatic heterocycles. The molecule has 1 aromatic rings. The Morgan fingerprint density at radius 3 is 2.72 bits per heavy atom. The molecule has 1 unspecified atom stereocenters. The molecule has 0 aliphatic rings. The molecule has 0 radical (unpaired) electrons. The summed E-state index contributed by atoms with van der Waals surface area (Å²) < 4.78 is 5.14. The molecule has 5 heteroatoms. The Hall–Kier alpha value is -1.26. The summed E-state index contributed by atoms with van der Waals surface area (Å²) in [6.07, 6.45) is 0.615. The quantitative estimate of drug-likeness (QED) is 0.832. The molecule has 0 aliphatic carbocycles. The lowest BCUT2D eigenvalue weighted by atomic mass is 9.97. The van der Waals surface area contributed by atoms with Gasteiger partial charge in [-0.05, 0) is 37.1 Å². The summed E-state index contributed by atoms with van der Waals surface area (Å²) in [6, 6.07) is 5.40. The Balaban J connectivity index is 2.82. The molecule has 18 heavy (non-hydrogen) atoms. The van der Waals surface area contributed by atoms with Crippen LogP contribution in [0.3, 0.4) is 0 Å². The third-order valence-electron chi connectivity index (χ3n) is 3.17. The molecule has 1 atom stereocenters. The van der Waals surface area contributed by atoms with Gasteiger partial charge in [0, 0.05) is 11.6 Å². The van der Waals surface area contributed by atoms with Crippen LogP contribution < -0.4 is 15.8 Å². The molecule has 1 aromatic carbocycles. The van der Waals surface area contributed by atoms with E-state index in [1.165, 1.54) is 0 Å². The molecular weight excluding hydrogens is 252 g/mol. The highest BCUT2D eigenvalue weighted by atomic mass is 35.5. The Morgan fingerprint density at radius 1 is 1.56 bits per heavy atom. The highest BCUT2D eigenvalue weighted by Gasteiger charge is 2.28. The molecule has 0 aliphatic heterocycles. The van der Waals surface area contributed by atoms with Gasteiger partial charge < -0.3 is 10.5 Å². The SMILES string of the molecule is CCC(C)(NCc1cc(OC)ccc1Cl)C(N)=O. The number of primary amides is 1. The van der Waals surface area contributed by atoms with Crippen molar-refractivity contribution in [2.24, 2.45) is 5.73 Å². The van der Waals surface area contributed by atoms with E-state index in [1.54, 1.807) is 26.2 Å². The maximum atomic E-state index is 11.4. The van der Waals surface area contributed by atoms with E-state index in [4.69, 9.17) is 22.1 Å². The first-order valence-electron chi connectivity index (χ1n) is 5.80. The van der Waals surface area contributed by atoms with Crippen LogP contribution in [0, 0.1) is 0 Å². The van der Waals surface area contributed by atoms with Crippen LogP contribution >= 0.6 is 11.6 Å². The number of halogens is 1. The van der Waals surface area contributed by atoms with E-state index in [1.807, 2.05) is 13.0 Å². The standard InChI is InChI=1S/C13H19ClN2O2/c1-4-13(2,12(15)17)16-8-9-7-10(18-3)5-6-11(9)14/h5-7,16H,4,8H2,1-3H3,(H2,15,17). The number of rotatable bonds is 6. The minimum absolute atomic E-state index is 0.371. The number of benzene rings is 1. The Kier molecular flexibility index (Phi) is 4.99. The largest absolute Gasteiger partial charge is 0.497 e.